The summed E-state index contributed by atoms with van der Waals surface area (Å²) in [5.74, 6) is 0. The molecule has 23 heavy (non-hydrogen) atoms. The average Bonchev–Trinajstić information content (AvgIpc) is 2.45. The number of aromatic nitrogens is 1. The van der Waals surface area contributed by atoms with Crippen LogP contribution in [0.5, 0.6) is 0 Å². The van der Waals surface area contributed by atoms with Crippen LogP contribution < -0.4 is 0 Å². The number of hydrogen-bond acceptors (Lipinski definition) is 4. The predicted molar refractivity (Wildman–Crippen MR) is 75.7 cm³/mol. The van der Waals surface area contributed by atoms with Crippen molar-refractivity contribution in [1.29, 1.82) is 0 Å². The van der Waals surface area contributed by atoms with E-state index in [-0.39, 0.29) is 18.8 Å². The number of morpholine rings is 1. The topological polar surface area (TPSA) is 51.7 Å². The Bertz CT molecular complexity index is 570. The first-order valence-electron chi connectivity index (χ1n) is 7.20. The van der Waals surface area contributed by atoms with Gasteiger partial charge in [-0.15, -0.1) is 0 Å². The first-order valence-corrected chi connectivity index (χ1v) is 7.20. The molecule has 0 N–H and O–H groups in total. The van der Waals surface area contributed by atoms with Gasteiger partial charge in [-0.2, -0.15) is 13.2 Å². The van der Waals surface area contributed by atoms with Gasteiger partial charge in [-0.1, -0.05) is 6.07 Å². The number of pyridine rings is 1. The van der Waals surface area contributed by atoms with Crippen molar-refractivity contribution in [3.05, 3.63) is 29.6 Å². The number of nitrogens with zero attached hydrogens (tertiary/aromatic N) is 2. The zero-order chi connectivity index (χ0) is 17.3. The lowest BCUT2D eigenvalue weighted by molar-refractivity contribution is -0.141. The Morgan fingerprint density at radius 1 is 1.35 bits per heavy atom. The van der Waals surface area contributed by atoms with Gasteiger partial charge < -0.3 is 14.4 Å². The number of hydrogen-bond donors (Lipinski definition) is 0. The molecule has 0 spiro atoms. The van der Waals surface area contributed by atoms with E-state index >= 15 is 0 Å². The Kier molecular flexibility index (Phi) is 4.84. The Morgan fingerprint density at radius 2 is 2.04 bits per heavy atom. The second kappa shape index (κ2) is 6.35. The van der Waals surface area contributed by atoms with Gasteiger partial charge in [-0.3, -0.25) is 0 Å². The molecule has 1 aromatic heterocycles. The Balaban J connectivity index is 2.11. The molecule has 1 atom stereocenters. The van der Waals surface area contributed by atoms with E-state index in [2.05, 4.69) is 4.98 Å². The number of ether oxygens (including phenoxy) is 2. The highest BCUT2D eigenvalue weighted by Gasteiger charge is 2.34. The van der Waals surface area contributed by atoms with Crippen LogP contribution in [0.4, 0.5) is 18.0 Å². The van der Waals surface area contributed by atoms with E-state index in [4.69, 9.17) is 9.47 Å². The van der Waals surface area contributed by atoms with Crippen LogP contribution in [0.1, 0.15) is 38.3 Å². The number of carbonyl (C=O) groups excluding carboxylic acids is 1. The maximum Gasteiger partial charge on any atom is 0.433 e. The maximum absolute atomic E-state index is 12.7. The quantitative estimate of drug-likeness (QED) is 0.791. The molecular formula is C15H19F3N2O3. The summed E-state index contributed by atoms with van der Waals surface area (Å²) in [5.41, 5.74) is -1.47. The molecule has 1 aliphatic heterocycles. The van der Waals surface area contributed by atoms with Crippen molar-refractivity contribution in [3.63, 3.8) is 0 Å². The summed E-state index contributed by atoms with van der Waals surface area (Å²) in [6.45, 7) is 5.88. The van der Waals surface area contributed by atoms with Gasteiger partial charge in [0.05, 0.1) is 18.8 Å². The van der Waals surface area contributed by atoms with E-state index in [0.717, 1.165) is 6.07 Å². The van der Waals surface area contributed by atoms with E-state index in [1.54, 1.807) is 20.8 Å². The highest BCUT2D eigenvalue weighted by Crippen LogP contribution is 2.29. The first-order chi connectivity index (χ1) is 10.6. The van der Waals surface area contributed by atoms with Crippen LogP contribution >= 0.6 is 0 Å². The highest BCUT2D eigenvalue weighted by molar-refractivity contribution is 5.68. The fourth-order valence-corrected chi connectivity index (χ4v) is 2.11. The van der Waals surface area contributed by atoms with Gasteiger partial charge in [0.15, 0.2) is 0 Å². The predicted octanol–water partition coefficient (Wildman–Crippen LogP) is 3.41. The molecule has 1 unspecified atom stereocenters. The van der Waals surface area contributed by atoms with Crippen LogP contribution in [0.15, 0.2) is 18.2 Å². The van der Waals surface area contributed by atoms with Crippen molar-refractivity contribution in [2.24, 2.45) is 0 Å². The van der Waals surface area contributed by atoms with Gasteiger partial charge in [0.25, 0.3) is 0 Å². The van der Waals surface area contributed by atoms with Crippen molar-refractivity contribution < 1.29 is 27.4 Å². The molecule has 0 saturated carbocycles. The van der Waals surface area contributed by atoms with Gasteiger partial charge >= 0.3 is 12.3 Å². The van der Waals surface area contributed by atoms with Crippen LogP contribution in [0.25, 0.3) is 0 Å². The summed E-state index contributed by atoms with van der Waals surface area (Å²) in [4.78, 5) is 17.1. The summed E-state index contributed by atoms with van der Waals surface area (Å²) in [5, 5.41) is 0. The molecule has 0 aliphatic carbocycles. The molecule has 1 saturated heterocycles. The molecule has 2 heterocycles. The highest BCUT2D eigenvalue weighted by atomic mass is 19.4. The molecule has 1 aromatic rings. The summed E-state index contributed by atoms with van der Waals surface area (Å²) < 4.78 is 48.9. The normalized spacial score (nSPS) is 19.6. The Labute approximate surface area is 132 Å². The molecule has 5 nitrogen and oxygen atoms in total. The summed E-state index contributed by atoms with van der Waals surface area (Å²) in [6.07, 6.45) is -5.74. The molecule has 1 aliphatic rings. The van der Waals surface area contributed by atoms with Gasteiger partial charge in [-0.05, 0) is 32.9 Å². The molecule has 8 heteroatoms. The second-order valence-electron chi connectivity index (χ2n) is 6.23. The van der Waals surface area contributed by atoms with Crippen molar-refractivity contribution in [1.82, 2.24) is 9.88 Å². The third-order valence-electron chi connectivity index (χ3n) is 3.11. The van der Waals surface area contributed by atoms with Gasteiger partial charge in [0.2, 0.25) is 0 Å². The van der Waals surface area contributed by atoms with Crippen LogP contribution in [0, 0.1) is 0 Å². The van der Waals surface area contributed by atoms with E-state index in [9.17, 15) is 18.0 Å². The first kappa shape index (κ1) is 17.5. The Hall–Kier alpha value is -1.83. The molecule has 1 amide bonds. The fourth-order valence-electron chi connectivity index (χ4n) is 2.11. The summed E-state index contributed by atoms with van der Waals surface area (Å²) in [6, 6.07) is 3.64. The molecule has 1 fully saturated rings. The molecule has 2 rings (SSSR count). The third kappa shape index (κ3) is 4.82. The molecule has 0 bridgehead atoms. The lowest BCUT2D eigenvalue weighted by atomic mass is 10.1. The average molecular weight is 332 g/mol. The van der Waals surface area contributed by atoms with E-state index in [0.29, 0.717) is 6.54 Å². The van der Waals surface area contributed by atoms with Crippen molar-refractivity contribution in [3.8, 4) is 0 Å². The monoisotopic (exact) mass is 332 g/mol. The number of alkyl halides is 3. The van der Waals surface area contributed by atoms with Gasteiger partial charge in [-0.25, -0.2) is 9.78 Å². The maximum atomic E-state index is 12.7. The minimum atomic E-state index is -4.52. The number of halogens is 3. The smallest absolute Gasteiger partial charge is 0.433 e. The standard InChI is InChI=1S/C15H19F3N2O3/c1-14(2,3)23-13(21)20-7-8-22-11(9-20)10-5-4-6-12(19-10)15(16,17)18/h4-6,11H,7-9H2,1-3H3. The zero-order valence-corrected chi connectivity index (χ0v) is 13.2. The number of amides is 1. The van der Waals surface area contributed by atoms with E-state index in [1.165, 1.54) is 17.0 Å². The lowest BCUT2D eigenvalue weighted by Gasteiger charge is -2.34. The van der Waals surface area contributed by atoms with Crippen molar-refractivity contribution in [2.75, 3.05) is 19.7 Å². The van der Waals surface area contributed by atoms with Gasteiger partial charge in [0.1, 0.15) is 17.4 Å². The largest absolute Gasteiger partial charge is 0.444 e. The van der Waals surface area contributed by atoms with Crippen LogP contribution in [0.3, 0.4) is 0 Å². The van der Waals surface area contributed by atoms with E-state index in [1.807, 2.05) is 0 Å². The summed E-state index contributed by atoms with van der Waals surface area (Å²) >= 11 is 0. The van der Waals surface area contributed by atoms with Crippen LogP contribution in [-0.2, 0) is 15.7 Å². The molecule has 0 aromatic carbocycles. The number of carbonyl (C=O) groups is 1. The minimum Gasteiger partial charge on any atom is -0.444 e. The molecule has 0 radical (unpaired) electrons. The van der Waals surface area contributed by atoms with Crippen molar-refractivity contribution in [2.45, 2.75) is 38.7 Å². The summed E-state index contributed by atoms with van der Waals surface area (Å²) in [7, 11) is 0. The zero-order valence-electron chi connectivity index (χ0n) is 13.2. The number of rotatable bonds is 1. The lowest BCUT2D eigenvalue weighted by Crippen LogP contribution is -2.44. The van der Waals surface area contributed by atoms with E-state index < -0.39 is 29.7 Å². The van der Waals surface area contributed by atoms with Gasteiger partial charge in [0, 0.05) is 6.54 Å². The second-order valence-corrected chi connectivity index (χ2v) is 6.23. The molecular weight excluding hydrogens is 313 g/mol. The minimum absolute atomic E-state index is 0.100. The molecule has 128 valence electrons. The third-order valence-corrected chi connectivity index (χ3v) is 3.11. The van der Waals surface area contributed by atoms with Crippen molar-refractivity contribution >= 4 is 6.09 Å². The van der Waals surface area contributed by atoms with Crippen LogP contribution in [-0.4, -0.2) is 41.3 Å². The fraction of sp³-hybridized carbons (Fsp3) is 0.600. The van der Waals surface area contributed by atoms with Crippen LogP contribution in [0.2, 0.25) is 0 Å². The Morgan fingerprint density at radius 3 is 2.65 bits per heavy atom. The SMILES string of the molecule is CC(C)(C)OC(=O)N1CCOC(c2cccc(C(F)(F)F)n2)C1.